The zero-order valence-corrected chi connectivity index (χ0v) is 13.8. The van der Waals surface area contributed by atoms with Crippen LogP contribution in [-0.4, -0.2) is 37.6 Å². The summed E-state index contributed by atoms with van der Waals surface area (Å²) in [6.07, 6.45) is 6.97. The predicted octanol–water partition coefficient (Wildman–Crippen LogP) is 3.52. The molecule has 0 bridgehead atoms. The summed E-state index contributed by atoms with van der Waals surface area (Å²) in [4.78, 5) is 2.74. The molecule has 0 aromatic carbocycles. The van der Waals surface area contributed by atoms with Gasteiger partial charge in [0.15, 0.2) is 0 Å². The fourth-order valence-electron chi connectivity index (χ4n) is 4.64. The maximum atomic E-state index is 3.63. The molecule has 112 valence electrons. The summed E-state index contributed by atoms with van der Waals surface area (Å²) in [7, 11) is 2.16. The first-order chi connectivity index (χ1) is 8.84. The van der Waals surface area contributed by atoms with E-state index in [0.717, 1.165) is 5.92 Å². The van der Waals surface area contributed by atoms with Crippen molar-refractivity contribution < 1.29 is 0 Å². The molecular formula is C17H34N2. The molecule has 1 saturated carbocycles. The van der Waals surface area contributed by atoms with Gasteiger partial charge in [-0.1, -0.05) is 34.1 Å². The van der Waals surface area contributed by atoms with Crippen molar-refractivity contribution in [2.45, 2.75) is 65.8 Å². The van der Waals surface area contributed by atoms with E-state index in [2.05, 4.69) is 45.0 Å². The van der Waals surface area contributed by atoms with Crippen molar-refractivity contribution >= 4 is 0 Å². The van der Waals surface area contributed by atoms with E-state index in [0.29, 0.717) is 16.9 Å². The van der Waals surface area contributed by atoms with Crippen LogP contribution in [0.2, 0.25) is 0 Å². The summed E-state index contributed by atoms with van der Waals surface area (Å²) in [6, 6.07) is 0.686. The third-order valence-electron chi connectivity index (χ3n) is 5.49. The highest BCUT2D eigenvalue weighted by Gasteiger charge is 2.39. The molecule has 0 aromatic heterocycles. The fourth-order valence-corrected chi connectivity index (χ4v) is 4.64. The Morgan fingerprint density at radius 3 is 2.47 bits per heavy atom. The van der Waals surface area contributed by atoms with Gasteiger partial charge in [-0.25, -0.2) is 0 Å². The van der Waals surface area contributed by atoms with Crippen molar-refractivity contribution in [1.82, 2.24) is 10.2 Å². The van der Waals surface area contributed by atoms with Crippen LogP contribution in [-0.2, 0) is 0 Å². The number of rotatable bonds is 3. The quantitative estimate of drug-likeness (QED) is 0.841. The van der Waals surface area contributed by atoms with Gasteiger partial charge >= 0.3 is 0 Å². The maximum absolute atomic E-state index is 3.63. The summed E-state index contributed by atoms with van der Waals surface area (Å²) < 4.78 is 0. The van der Waals surface area contributed by atoms with Crippen molar-refractivity contribution in [1.29, 1.82) is 0 Å². The second-order valence-corrected chi connectivity index (χ2v) is 8.41. The number of nitrogens with one attached hydrogen (secondary N) is 1. The first-order valence-electron chi connectivity index (χ1n) is 8.24. The molecule has 0 radical (unpaired) electrons. The fraction of sp³-hybridized carbons (Fsp3) is 1.00. The van der Waals surface area contributed by atoms with E-state index in [4.69, 9.17) is 0 Å². The summed E-state index contributed by atoms with van der Waals surface area (Å²) in [6.45, 7) is 13.7. The first-order valence-corrected chi connectivity index (χ1v) is 8.24. The number of hydrogen-bond acceptors (Lipinski definition) is 2. The van der Waals surface area contributed by atoms with Crippen LogP contribution in [0.3, 0.4) is 0 Å². The number of piperidine rings is 1. The zero-order chi connectivity index (χ0) is 14.1. The van der Waals surface area contributed by atoms with Crippen LogP contribution in [0, 0.1) is 16.7 Å². The Morgan fingerprint density at radius 2 is 1.84 bits per heavy atom. The molecule has 1 heterocycles. The van der Waals surface area contributed by atoms with E-state index in [1.54, 1.807) is 0 Å². The van der Waals surface area contributed by atoms with Gasteiger partial charge in [-0.3, -0.25) is 0 Å². The molecule has 1 aliphatic carbocycles. The van der Waals surface area contributed by atoms with E-state index >= 15 is 0 Å². The van der Waals surface area contributed by atoms with Crippen LogP contribution in [0.4, 0.5) is 0 Å². The lowest BCUT2D eigenvalue weighted by Gasteiger charge is -2.47. The third-order valence-corrected chi connectivity index (χ3v) is 5.49. The Kier molecular flexibility index (Phi) is 4.62. The van der Waals surface area contributed by atoms with Crippen molar-refractivity contribution in [2.75, 3.05) is 26.7 Å². The van der Waals surface area contributed by atoms with Gasteiger partial charge in [-0.2, -0.15) is 0 Å². The molecule has 2 atom stereocenters. The molecule has 1 aliphatic heterocycles. The highest BCUT2D eigenvalue weighted by Crippen LogP contribution is 2.40. The van der Waals surface area contributed by atoms with Crippen LogP contribution in [0.25, 0.3) is 0 Å². The zero-order valence-electron chi connectivity index (χ0n) is 13.8. The highest BCUT2D eigenvalue weighted by atomic mass is 15.1. The van der Waals surface area contributed by atoms with Crippen LogP contribution in [0.15, 0.2) is 0 Å². The number of hydrogen-bond donors (Lipinski definition) is 1. The summed E-state index contributed by atoms with van der Waals surface area (Å²) in [5, 5.41) is 3.63. The van der Waals surface area contributed by atoms with E-state index < -0.39 is 0 Å². The van der Waals surface area contributed by atoms with Gasteiger partial charge in [0.05, 0.1) is 0 Å². The van der Waals surface area contributed by atoms with Crippen LogP contribution in [0.1, 0.15) is 59.8 Å². The molecule has 2 fully saturated rings. The molecule has 2 rings (SSSR count). The largest absolute Gasteiger partial charge is 0.316 e. The van der Waals surface area contributed by atoms with E-state index in [1.165, 1.54) is 51.7 Å². The number of nitrogens with zero attached hydrogens (tertiary/aromatic N) is 1. The minimum Gasteiger partial charge on any atom is -0.316 e. The topological polar surface area (TPSA) is 15.3 Å². The monoisotopic (exact) mass is 266 g/mol. The van der Waals surface area contributed by atoms with Crippen molar-refractivity contribution in [3.05, 3.63) is 0 Å². The number of likely N-dealkylation sites (tertiary alicyclic amines) is 1. The average molecular weight is 266 g/mol. The second kappa shape index (κ2) is 5.73. The molecule has 2 heteroatoms. The minimum atomic E-state index is 0.461. The van der Waals surface area contributed by atoms with E-state index in [9.17, 15) is 0 Å². The van der Waals surface area contributed by atoms with Gasteiger partial charge < -0.3 is 10.2 Å². The van der Waals surface area contributed by atoms with Gasteiger partial charge in [-0.05, 0) is 56.0 Å². The predicted molar refractivity (Wildman–Crippen MR) is 83.4 cm³/mol. The molecule has 0 spiro atoms. The van der Waals surface area contributed by atoms with Gasteiger partial charge in [0.25, 0.3) is 0 Å². The lowest BCUT2D eigenvalue weighted by atomic mass is 9.67. The van der Waals surface area contributed by atoms with Gasteiger partial charge in [0.1, 0.15) is 0 Å². The molecule has 19 heavy (non-hydrogen) atoms. The van der Waals surface area contributed by atoms with Crippen LogP contribution < -0.4 is 5.32 Å². The van der Waals surface area contributed by atoms with Crippen molar-refractivity contribution in [3.8, 4) is 0 Å². The lowest BCUT2D eigenvalue weighted by Crippen LogP contribution is -2.53. The van der Waals surface area contributed by atoms with E-state index in [1.807, 2.05) is 0 Å². The lowest BCUT2D eigenvalue weighted by molar-refractivity contribution is 0.0508. The Labute approximate surface area is 120 Å². The second-order valence-electron chi connectivity index (χ2n) is 8.41. The van der Waals surface area contributed by atoms with Crippen molar-refractivity contribution in [2.24, 2.45) is 16.7 Å². The molecule has 2 nitrogen and oxygen atoms in total. The van der Waals surface area contributed by atoms with Crippen LogP contribution >= 0.6 is 0 Å². The van der Waals surface area contributed by atoms with Crippen molar-refractivity contribution in [3.63, 3.8) is 0 Å². The molecule has 2 unspecified atom stereocenters. The molecule has 0 aromatic rings. The molecule has 1 saturated heterocycles. The summed E-state index contributed by atoms with van der Waals surface area (Å²) >= 11 is 0. The minimum absolute atomic E-state index is 0.461. The molecular weight excluding hydrogens is 232 g/mol. The Balaban J connectivity index is 1.97. The summed E-state index contributed by atoms with van der Waals surface area (Å²) in [5.74, 6) is 0.836. The third kappa shape index (κ3) is 3.72. The average Bonchev–Trinajstić information content (AvgIpc) is 2.26. The Morgan fingerprint density at radius 1 is 1.11 bits per heavy atom. The Bertz CT molecular complexity index is 296. The normalized spacial score (nSPS) is 35.2. The standard InChI is InChI=1S/C17H34N2/c1-16(2)9-7-11-19(13-16)12-14-8-6-10-17(3,4)15(14)18-5/h14-15,18H,6-13H2,1-5H3. The summed E-state index contributed by atoms with van der Waals surface area (Å²) in [5.41, 5.74) is 0.987. The maximum Gasteiger partial charge on any atom is 0.0156 e. The van der Waals surface area contributed by atoms with E-state index in [-0.39, 0.29) is 0 Å². The smallest absolute Gasteiger partial charge is 0.0156 e. The highest BCUT2D eigenvalue weighted by molar-refractivity contribution is 4.94. The first kappa shape index (κ1) is 15.3. The molecule has 0 amide bonds. The Hall–Kier alpha value is -0.0800. The SMILES string of the molecule is CNC1C(CN2CCCC(C)(C)C2)CCCC1(C)C. The van der Waals surface area contributed by atoms with Gasteiger partial charge in [0, 0.05) is 19.1 Å². The van der Waals surface area contributed by atoms with Gasteiger partial charge in [0.2, 0.25) is 0 Å². The molecule has 2 aliphatic rings. The molecule has 1 N–H and O–H groups in total. The van der Waals surface area contributed by atoms with Gasteiger partial charge in [-0.15, -0.1) is 0 Å². The van der Waals surface area contributed by atoms with Crippen LogP contribution in [0.5, 0.6) is 0 Å².